The highest BCUT2D eigenvalue weighted by atomic mass is 35.5. The first-order chi connectivity index (χ1) is 12.5. The van der Waals surface area contributed by atoms with Gasteiger partial charge in [-0.05, 0) is 42.3 Å². The van der Waals surface area contributed by atoms with Crippen molar-refractivity contribution < 1.29 is 19.1 Å². The van der Waals surface area contributed by atoms with Crippen molar-refractivity contribution in [2.24, 2.45) is 5.16 Å². The van der Waals surface area contributed by atoms with Crippen molar-refractivity contribution in [3.63, 3.8) is 0 Å². The molecule has 1 heterocycles. The van der Waals surface area contributed by atoms with E-state index in [0.29, 0.717) is 29.7 Å². The van der Waals surface area contributed by atoms with Crippen molar-refractivity contribution >= 4 is 28.9 Å². The van der Waals surface area contributed by atoms with E-state index in [4.69, 9.17) is 25.9 Å². The molecule has 0 saturated carbocycles. The fraction of sp³-hybridized carbons (Fsp3) is 0.263. The summed E-state index contributed by atoms with van der Waals surface area (Å²) >= 11 is 6.21. The van der Waals surface area contributed by atoms with Gasteiger partial charge < -0.3 is 19.6 Å². The lowest BCUT2D eigenvalue weighted by molar-refractivity contribution is -0.114. The second-order valence-corrected chi connectivity index (χ2v) is 6.22. The number of anilines is 1. The molecule has 1 aliphatic heterocycles. The summed E-state index contributed by atoms with van der Waals surface area (Å²) in [7, 11) is 0. The highest BCUT2D eigenvalue weighted by Gasteiger charge is 2.16. The molecule has 0 fully saturated rings. The minimum atomic E-state index is -0.107. The van der Waals surface area contributed by atoms with Crippen LogP contribution in [-0.2, 0) is 16.2 Å². The first kappa shape index (κ1) is 18.1. The third-order valence-electron chi connectivity index (χ3n) is 3.71. The van der Waals surface area contributed by atoms with Crippen molar-refractivity contribution in [3.05, 3.63) is 52.5 Å². The maximum Gasteiger partial charge on any atom is 0.221 e. The minimum absolute atomic E-state index is 0.107. The zero-order valence-corrected chi connectivity index (χ0v) is 15.3. The average Bonchev–Trinajstić information content (AvgIpc) is 2.62. The minimum Gasteiger partial charge on any atom is -0.486 e. The van der Waals surface area contributed by atoms with Crippen molar-refractivity contribution in [2.45, 2.75) is 20.5 Å². The van der Waals surface area contributed by atoms with Crippen LogP contribution in [0.5, 0.6) is 11.5 Å². The first-order valence-electron chi connectivity index (χ1n) is 8.15. The number of rotatable bonds is 5. The molecule has 6 nitrogen and oxygen atoms in total. The average molecular weight is 375 g/mol. The summed E-state index contributed by atoms with van der Waals surface area (Å²) in [5.74, 6) is 1.08. The van der Waals surface area contributed by atoms with Gasteiger partial charge in [-0.15, -0.1) is 0 Å². The van der Waals surface area contributed by atoms with Gasteiger partial charge in [0.05, 0.1) is 10.7 Å². The van der Waals surface area contributed by atoms with Crippen molar-refractivity contribution in [2.75, 3.05) is 18.5 Å². The number of hydrogen-bond donors (Lipinski definition) is 1. The molecule has 0 unspecified atom stereocenters. The topological polar surface area (TPSA) is 69.2 Å². The van der Waals surface area contributed by atoms with Crippen LogP contribution in [0, 0.1) is 0 Å². The Balaban J connectivity index is 1.63. The number of nitrogens with one attached hydrogen (secondary N) is 1. The molecule has 1 aliphatic rings. The van der Waals surface area contributed by atoms with Gasteiger partial charge >= 0.3 is 0 Å². The fourth-order valence-electron chi connectivity index (χ4n) is 2.50. The van der Waals surface area contributed by atoms with Crippen LogP contribution in [0.3, 0.4) is 0 Å². The van der Waals surface area contributed by atoms with E-state index in [2.05, 4.69) is 10.5 Å². The van der Waals surface area contributed by atoms with Crippen molar-refractivity contribution in [1.29, 1.82) is 0 Å². The van der Waals surface area contributed by atoms with E-state index >= 15 is 0 Å². The second-order valence-electron chi connectivity index (χ2n) is 5.81. The number of hydrogen-bond acceptors (Lipinski definition) is 5. The smallest absolute Gasteiger partial charge is 0.221 e. The summed E-state index contributed by atoms with van der Waals surface area (Å²) < 4.78 is 11.0. The van der Waals surface area contributed by atoms with E-state index in [0.717, 1.165) is 22.5 Å². The SMILES string of the molecule is CC(=O)Nc1ccc(/C(C)=N\OCc2cc(Cl)c3c(c2)OCCO3)cc1. The van der Waals surface area contributed by atoms with Crippen LogP contribution in [0.15, 0.2) is 41.6 Å². The number of carbonyl (C=O) groups excluding carboxylic acids is 1. The summed E-state index contributed by atoms with van der Waals surface area (Å²) in [6, 6.07) is 11.0. The van der Waals surface area contributed by atoms with Crippen LogP contribution in [-0.4, -0.2) is 24.8 Å². The Bertz CT molecular complexity index is 834. The Labute approximate surface area is 156 Å². The second kappa shape index (κ2) is 8.10. The van der Waals surface area contributed by atoms with Gasteiger partial charge in [0.15, 0.2) is 11.5 Å². The molecule has 0 aromatic heterocycles. The maximum atomic E-state index is 11.0. The molecule has 0 saturated heterocycles. The number of nitrogens with zero attached hydrogens (tertiary/aromatic N) is 1. The van der Waals surface area contributed by atoms with Crippen LogP contribution in [0.4, 0.5) is 5.69 Å². The lowest BCUT2D eigenvalue weighted by Gasteiger charge is -2.20. The van der Waals surface area contributed by atoms with Gasteiger partial charge in [-0.25, -0.2) is 0 Å². The van der Waals surface area contributed by atoms with Crippen molar-refractivity contribution in [1.82, 2.24) is 0 Å². The first-order valence-corrected chi connectivity index (χ1v) is 8.53. The van der Waals surface area contributed by atoms with E-state index in [1.54, 1.807) is 6.07 Å². The number of amides is 1. The van der Waals surface area contributed by atoms with E-state index < -0.39 is 0 Å². The number of benzene rings is 2. The predicted molar refractivity (Wildman–Crippen MR) is 100 cm³/mol. The standard InChI is InChI=1S/C19H19ClN2O4/c1-12(15-3-5-16(6-4-15)21-13(2)23)22-26-11-14-9-17(20)19-18(10-14)24-7-8-25-19/h3-6,9-10H,7-8,11H2,1-2H3,(H,21,23)/b22-12-. The summed E-state index contributed by atoms with van der Waals surface area (Å²) in [5, 5.41) is 7.35. The summed E-state index contributed by atoms with van der Waals surface area (Å²) in [4.78, 5) is 16.5. The lowest BCUT2D eigenvalue weighted by Crippen LogP contribution is -2.15. The number of ether oxygens (including phenoxy) is 2. The molecular formula is C19H19ClN2O4. The predicted octanol–water partition coefficient (Wildman–Crippen LogP) is 4.01. The van der Waals surface area contributed by atoms with Crippen molar-refractivity contribution in [3.8, 4) is 11.5 Å². The molecule has 1 amide bonds. The third kappa shape index (κ3) is 4.46. The molecule has 2 aromatic rings. The Hall–Kier alpha value is -2.73. The van der Waals surface area contributed by atoms with E-state index in [1.807, 2.05) is 37.3 Å². The van der Waals surface area contributed by atoms with Crippen LogP contribution in [0.25, 0.3) is 0 Å². The maximum absolute atomic E-state index is 11.0. The Morgan fingerprint density at radius 1 is 1.19 bits per heavy atom. The van der Waals surface area contributed by atoms with Crippen LogP contribution in [0.2, 0.25) is 5.02 Å². The quantitative estimate of drug-likeness (QED) is 0.634. The summed E-state index contributed by atoms with van der Waals surface area (Å²) in [5.41, 5.74) is 3.21. The highest BCUT2D eigenvalue weighted by Crippen LogP contribution is 2.38. The van der Waals surface area contributed by atoms with Gasteiger partial charge in [0.25, 0.3) is 0 Å². The molecule has 0 radical (unpaired) electrons. The molecule has 26 heavy (non-hydrogen) atoms. The molecule has 3 rings (SSSR count). The number of halogens is 1. The highest BCUT2D eigenvalue weighted by molar-refractivity contribution is 6.32. The van der Waals surface area contributed by atoms with Crippen LogP contribution < -0.4 is 14.8 Å². The van der Waals surface area contributed by atoms with E-state index in [1.165, 1.54) is 6.92 Å². The molecule has 0 atom stereocenters. The Morgan fingerprint density at radius 3 is 2.65 bits per heavy atom. The zero-order valence-electron chi connectivity index (χ0n) is 14.5. The molecular weight excluding hydrogens is 356 g/mol. The van der Waals surface area contributed by atoms with Crippen LogP contribution >= 0.6 is 11.6 Å². The summed E-state index contributed by atoms with van der Waals surface area (Å²) in [6.45, 7) is 4.58. The molecule has 7 heteroatoms. The molecule has 136 valence electrons. The molecule has 0 bridgehead atoms. The number of oxime groups is 1. The van der Waals surface area contributed by atoms with Gasteiger partial charge in [-0.3, -0.25) is 4.79 Å². The number of fused-ring (bicyclic) bond motifs is 1. The van der Waals surface area contributed by atoms with Gasteiger partial charge in [-0.1, -0.05) is 28.9 Å². The fourth-order valence-corrected chi connectivity index (χ4v) is 2.79. The monoisotopic (exact) mass is 374 g/mol. The van der Waals surface area contributed by atoms with E-state index in [-0.39, 0.29) is 12.5 Å². The summed E-state index contributed by atoms with van der Waals surface area (Å²) in [6.07, 6.45) is 0. The largest absolute Gasteiger partial charge is 0.486 e. The van der Waals surface area contributed by atoms with Gasteiger partial charge in [0, 0.05) is 12.6 Å². The lowest BCUT2D eigenvalue weighted by atomic mass is 10.1. The van der Waals surface area contributed by atoms with Crippen LogP contribution in [0.1, 0.15) is 25.0 Å². The normalized spacial score (nSPS) is 13.3. The molecule has 1 N–H and O–H groups in total. The third-order valence-corrected chi connectivity index (χ3v) is 3.99. The van der Waals surface area contributed by atoms with Gasteiger partial charge in [-0.2, -0.15) is 0 Å². The van der Waals surface area contributed by atoms with Gasteiger partial charge in [0.1, 0.15) is 19.8 Å². The molecule has 0 aliphatic carbocycles. The zero-order chi connectivity index (χ0) is 18.5. The Kier molecular flexibility index (Phi) is 5.63. The molecule has 2 aromatic carbocycles. The van der Waals surface area contributed by atoms with Gasteiger partial charge in [0.2, 0.25) is 5.91 Å². The Morgan fingerprint density at radius 2 is 1.92 bits per heavy atom. The molecule has 0 spiro atoms. The number of carbonyl (C=O) groups is 1. The van der Waals surface area contributed by atoms with E-state index in [9.17, 15) is 4.79 Å².